The highest BCUT2D eigenvalue weighted by molar-refractivity contribution is 5.95. The molecule has 0 radical (unpaired) electrons. The molecule has 4 rings (SSSR count). The van der Waals surface area contributed by atoms with Crippen molar-refractivity contribution in [3.63, 3.8) is 0 Å². The third-order valence-electron chi connectivity index (χ3n) is 4.84. The van der Waals surface area contributed by atoms with Gasteiger partial charge in [-0.2, -0.15) is 4.98 Å². The van der Waals surface area contributed by atoms with E-state index in [1.807, 2.05) is 18.2 Å². The quantitative estimate of drug-likeness (QED) is 0.670. The lowest BCUT2D eigenvalue weighted by atomic mass is 10.1. The van der Waals surface area contributed by atoms with Crippen LogP contribution in [0.15, 0.2) is 53.4 Å². The van der Waals surface area contributed by atoms with Crippen LogP contribution in [0.2, 0.25) is 0 Å². The summed E-state index contributed by atoms with van der Waals surface area (Å²) in [6, 6.07) is 8.63. The maximum Gasteiger partial charge on any atom is 0.274 e. The fourth-order valence-electron chi connectivity index (χ4n) is 3.40. The Labute approximate surface area is 167 Å². The Balaban J connectivity index is 1.61. The first-order valence-electron chi connectivity index (χ1n) is 9.35. The SMILES string of the molecule is Cc1noc(C2CCN(C(=O)c3cnccn3)CCN2C(=O)c2ccccc2)n1. The van der Waals surface area contributed by atoms with Gasteiger partial charge >= 0.3 is 0 Å². The lowest BCUT2D eigenvalue weighted by Crippen LogP contribution is -2.38. The Morgan fingerprint density at radius 1 is 1.07 bits per heavy atom. The molecule has 0 N–H and O–H groups in total. The highest BCUT2D eigenvalue weighted by Gasteiger charge is 2.34. The summed E-state index contributed by atoms with van der Waals surface area (Å²) in [6.45, 7) is 2.88. The average molecular weight is 392 g/mol. The van der Waals surface area contributed by atoms with Gasteiger partial charge in [0.1, 0.15) is 11.7 Å². The number of carbonyl (C=O) groups is 2. The van der Waals surface area contributed by atoms with E-state index in [1.165, 1.54) is 18.6 Å². The fourth-order valence-corrected chi connectivity index (χ4v) is 3.40. The zero-order chi connectivity index (χ0) is 20.2. The molecule has 3 aromatic rings. The largest absolute Gasteiger partial charge is 0.337 e. The van der Waals surface area contributed by atoms with Crippen LogP contribution in [0.4, 0.5) is 0 Å². The number of nitrogens with zero attached hydrogens (tertiary/aromatic N) is 6. The standard InChI is InChI=1S/C20H20N6O3/c1-14-23-18(29-24-14)17-7-10-25(20(28)16-13-21-8-9-22-16)11-12-26(17)19(27)15-5-3-2-4-6-15/h2-6,8-9,13,17H,7,10-12H2,1H3. The monoisotopic (exact) mass is 392 g/mol. The van der Waals surface area contributed by atoms with Gasteiger partial charge in [0.25, 0.3) is 11.8 Å². The van der Waals surface area contributed by atoms with Crippen molar-refractivity contribution in [2.45, 2.75) is 19.4 Å². The molecule has 1 unspecified atom stereocenters. The normalized spacial score (nSPS) is 17.1. The van der Waals surface area contributed by atoms with Gasteiger partial charge in [-0.1, -0.05) is 23.4 Å². The summed E-state index contributed by atoms with van der Waals surface area (Å²) in [4.78, 5) is 41.8. The van der Waals surface area contributed by atoms with Crippen molar-refractivity contribution in [2.75, 3.05) is 19.6 Å². The van der Waals surface area contributed by atoms with E-state index in [2.05, 4.69) is 20.1 Å². The molecule has 1 aromatic carbocycles. The molecule has 2 amide bonds. The van der Waals surface area contributed by atoms with Crippen molar-refractivity contribution in [1.82, 2.24) is 29.9 Å². The van der Waals surface area contributed by atoms with Crippen LogP contribution < -0.4 is 0 Å². The number of aryl methyl sites for hydroxylation is 1. The molecule has 1 aliphatic rings. The van der Waals surface area contributed by atoms with E-state index in [9.17, 15) is 9.59 Å². The highest BCUT2D eigenvalue weighted by atomic mass is 16.5. The fraction of sp³-hybridized carbons (Fsp3) is 0.300. The van der Waals surface area contributed by atoms with E-state index < -0.39 is 6.04 Å². The molecule has 29 heavy (non-hydrogen) atoms. The summed E-state index contributed by atoms with van der Waals surface area (Å²) in [5.41, 5.74) is 0.850. The molecule has 148 valence electrons. The molecule has 9 heteroatoms. The first-order chi connectivity index (χ1) is 14.1. The molecular weight excluding hydrogens is 372 g/mol. The lowest BCUT2D eigenvalue weighted by Gasteiger charge is -2.27. The third kappa shape index (κ3) is 3.98. The number of aromatic nitrogens is 4. The molecule has 0 saturated carbocycles. The minimum atomic E-state index is -0.413. The van der Waals surface area contributed by atoms with Crippen molar-refractivity contribution in [2.24, 2.45) is 0 Å². The predicted octanol–water partition coefficient (Wildman–Crippen LogP) is 1.90. The molecule has 1 atom stereocenters. The van der Waals surface area contributed by atoms with Gasteiger partial charge in [-0.15, -0.1) is 0 Å². The molecular formula is C20H20N6O3. The van der Waals surface area contributed by atoms with E-state index in [0.717, 1.165) is 0 Å². The average Bonchev–Trinajstić information content (AvgIpc) is 3.07. The van der Waals surface area contributed by atoms with Crippen molar-refractivity contribution in [3.8, 4) is 0 Å². The zero-order valence-corrected chi connectivity index (χ0v) is 15.9. The van der Waals surface area contributed by atoms with Gasteiger partial charge < -0.3 is 14.3 Å². The second kappa shape index (κ2) is 8.17. The minimum Gasteiger partial charge on any atom is -0.337 e. The third-order valence-corrected chi connectivity index (χ3v) is 4.84. The van der Waals surface area contributed by atoms with Crippen LogP contribution in [0, 0.1) is 6.92 Å². The number of rotatable bonds is 3. The van der Waals surface area contributed by atoms with Crippen LogP contribution >= 0.6 is 0 Å². The summed E-state index contributed by atoms with van der Waals surface area (Å²) in [5, 5.41) is 3.87. The molecule has 1 saturated heterocycles. The second-order valence-electron chi connectivity index (χ2n) is 6.73. The summed E-state index contributed by atoms with van der Waals surface area (Å²) < 4.78 is 5.38. The molecule has 2 aromatic heterocycles. The number of amides is 2. The topological polar surface area (TPSA) is 105 Å². The molecule has 0 aliphatic carbocycles. The predicted molar refractivity (Wildman–Crippen MR) is 102 cm³/mol. The van der Waals surface area contributed by atoms with Gasteiger partial charge in [0.05, 0.1) is 6.20 Å². The molecule has 3 heterocycles. The molecule has 9 nitrogen and oxygen atoms in total. The van der Waals surface area contributed by atoms with Gasteiger partial charge in [0.2, 0.25) is 5.89 Å². The van der Waals surface area contributed by atoms with Crippen molar-refractivity contribution in [3.05, 3.63) is 71.9 Å². The number of hydrogen-bond acceptors (Lipinski definition) is 7. The van der Waals surface area contributed by atoms with Crippen molar-refractivity contribution in [1.29, 1.82) is 0 Å². The van der Waals surface area contributed by atoms with E-state index in [4.69, 9.17) is 4.52 Å². The van der Waals surface area contributed by atoms with Crippen LogP contribution in [0.5, 0.6) is 0 Å². The summed E-state index contributed by atoms with van der Waals surface area (Å²) in [7, 11) is 0. The summed E-state index contributed by atoms with van der Waals surface area (Å²) in [6.07, 6.45) is 4.93. The van der Waals surface area contributed by atoms with Gasteiger partial charge in [-0.05, 0) is 25.5 Å². The lowest BCUT2D eigenvalue weighted by molar-refractivity contribution is 0.0641. The molecule has 0 spiro atoms. The maximum absolute atomic E-state index is 13.2. The van der Waals surface area contributed by atoms with E-state index in [0.29, 0.717) is 43.3 Å². The molecule has 0 bridgehead atoms. The Morgan fingerprint density at radius 2 is 1.90 bits per heavy atom. The maximum atomic E-state index is 13.2. The highest BCUT2D eigenvalue weighted by Crippen LogP contribution is 2.28. The number of carbonyl (C=O) groups excluding carboxylic acids is 2. The van der Waals surface area contributed by atoms with Crippen LogP contribution in [0.25, 0.3) is 0 Å². The summed E-state index contributed by atoms with van der Waals surface area (Å²) in [5.74, 6) is 0.525. The number of benzene rings is 1. The second-order valence-corrected chi connectivity index (χ2v) is 6.73. The summed E-state index contributed by atoms with van der Waals surface area (Å²) >= 11 is 0. The molecule has 1 fully saturated rings. The van der Waals surface area contributed by atoms with E-state index in [-0.39, 0.29) is 17.5 Å². The first-order valence-corrected chi connectivity index (χ1v) is 9.35. The smallest absolute Gasteiger partial charge is 0.274 e. The van der Waals surface area contributed by atoms with Gasteiger partial charge in [-0.25, -0.2) is 4.98 Å². The minimum absolute atomic E-state index is 0.139. The van der Waals surface area contributed by atoms with E-state index in [1.54, 1.807) is 28.9 Å². The van der Waals surface area contributed by atoms with Crippen molar-refractivity contribution >= 4 is 11.8 Å². The van der Waals surface area contributed by atoms with Crippen molar-refractivity contribution < 1.29 is 14.1 Å². The first kappa shape index (κ1) is 18.7. The Morgan fingerprint density at radius 3 is 2.59 bits per heavy atom. The number of hydrogen-bond donors (Lipinski definition) is 0. The van der Waals surface area contributed by atoms with E-state index >= 15 is 0 Å². The zero-order valence-electron chi connectivity index (χ0n) is 15.9. The van der Waals surface area contributed by atoms with Crippen LogP contribution in [0.1, 0.15) is 45.0 Å². The molecule has 1 aliphatic heterocycles. The van der Waals surface area contributed by atoms with Gasteiger partial charge in [-0.3, -0.25) is 14.6 Å². The van der Waals surface area contributed by atoms with Crippen LogP contribution in [0.3, 0.4) is 0 Å². The van der Waals surface area contributed by atoms with Crippen LogP contribution in [-0.2, 0) is 0 Å². The Kier molecular flexibility index (Phi) is 5.28. The van der Waals surface area contributed by atoms with Crippen LogP contribution in [-0.4, -0.2) is 61.4 Å². The Hall–Kier alpha value is -3.62. The van der Waals surface area contributed by atoms with Gasteiger partial charge in [0, 0.05) is 37.6 Å². The van der Waals surface area contributed by atoms with Gasteiger partial charge in [0.15, 0.2) is 5.82 Å². The Bertz CT molecular complexity index is 992.